The van der Waals surface area contributed by atoms with Crippen LogP contribution in [0.1, 0.15) is 183 Å². The molecule has 368 valence electrons. The van der Waals surface area contributed by atoms with E-state index in [1.165, 1.54) is 60.2 Å². The van der Waals surface area contributed by atoms with E-state index in [1.54, 1.807) is 0 Å². The number of thiophene rings is 1. The lowest BCUT2D eigenvalue weighted by Crippen LogP contribution is -2.34. The van der Waals surface area contributed by atoms with Gasteiger partial charge in [-0.15, -0.1) is 11.3 Å². The van der Waals surface area contributed by atoms with Gasteiger partial charge in [0.05, 0.1) is 27.8 Å². The van der Waals surface area contributed by atoms with E-state index in [4.69, 9.17) is 11.6 Å². The SMILES string of the molecule is CC(C)(C)c1ccc(-c2cc(C(C)(C)C)ccc2N(c2cccc(C(C)(C)C)c2)c2cc(C(C)(C)C)cc(N(c3ccc4c(c3)C(C)(C)CCC4(C)C)c3csc4ccc(C(C)(C)C)cc34)c2Cl)cc1. The summed E-state index contributed by atoms with van der Waals surface area (Å²) in [4.78, 5) is 4.97. The average molecular weight is 970 g/mol. The Kier molecular flexibility index (Phi) is 13.1. The lowest BCUT2D eigenvalue weighted by Gasteiger charge is -2.42. The van der Waals surface area contributed by atoms with E-state index in [0.717, 1.165) is 47.0 Å². The summed E-state index contributed by atoms with van der Waals surface area (Å²) < 4.78 is 1.26. The summed E-state index contributed by atoms with van der Waals surface area (Å²) >= 11 is 10.2. The number of nitrogens with zero attached hydrogens (tertiary/aromatic N) is 2. The zero-order valence-electron chi connectivity index (χ0n) is 46.1. The molecule has 1 heterocycles. The maximum Gasteiger partial charge on any atom is 0.0887 e. The van der Waals surface area contributed by atoms with Crippen molar-refractivity contribution >= 4 is 67.1 Å². The summed E-state index contributed by atoms with van der Waals surface area (Å²) in [7, 11) is 0. The van der Waals surface area contributed by atoms with Gasteiger partial charge in [0, 0.05) is 32.4 Å². The van der Waals surface area contributed by atoms with Crippen LogP contribution in [0, 0.1) is 0 Å². The van der Waals surface area contributed by atoms with E-state index in [-0.39, 0.29) is 37.9 Å². The van der Waals surface area contributed by atoms with Crippen molar-refractivity contribution in [3.8, 4) is 11.1 Å². The first-order valence-corrected chi connectivity index (χ1v) is 27.0. The Morgan fingerprint density at radius 1 is 0.429 bits per heavy atom. The van der Waals surface area contributed by atoms with Gasteiger partial charge in [-0.2, -0.15) is 0 Å². The minimum Gasteiger partial charge on any atom is -0.308 e. The third kappa shape index (κ3) is 10.0. The van der Waals surface area contributed by atoms with Crippen LogP contribution < -0.4 is 9.80 Å². The van der Waals surface area contributed by atoms with Crippen molar-refractivity contribution in [2.24, 2.45) is 0 Å². The highest BCUT2D eigenvalue weighted by atomic mass is 35.5. The van der Waals surface area contributed by atoms with Crippen molar-refractivity contribution in [1.29, 1.82) is 0 Å². The second-order valence-electron chi connectivity index (χ2n) is 26.9. The van der Waals surface area contributed by atoms with Gasteiger partial charge in [-0.3, -0.25) is 0 Å². The van der Waals surface area contributed by atoms with Crippen molar-refractivity contribution < 1.29 is 0 Å². The van der Waals surface area contributed by atoms with Gasteiger partial charge in [-0.1, -0.05) is 198 Å². The summed E-state index contributed by atoms with van der Waals surface area (Å²) in [5.74, 6) is 0. The van der Waals surface area contributed by atoms with E-state index in [1.807, 2.05) is 11.3 Å². The van der Waals surface area contributed by atoms with Crippen LogP contribution in [-0.2, 0) is 37.9 Å². The molecule has 1 aliphatic carbocycles. The molecule has 0 saturated carbocycles. The quantitative estimate of drug-likeness (QED) is 0.157. The van der Waals surface area contributed by atoms with Gasteiger partial charge in [0.15, 0.2) is 0 Å². The third-order valence-electron chi connectivity index (χ3n) is 15.3. The molecule has 1 aromatic heterocycles. The maximum atomic E-state index is 8.41. The van der Waals surface area contributed by atoms with Crippen LogP contribution in [-0.4, -0.2) is 0 Å². The molecule has 0 N–H and O–H groups in total. The first-order chi connectivity index (χ1) is 32.3. The van der Waals surface area contributed by atoms with Gasteiger partial charge in [0.1, 0.15) is 0 Å². The zero-order valence-corrected chi connectivity index (χ0v) is 47.7. The number of fused-ring (bicyclic) bond motifs is 2. The van der Waals surface area contributed by atoms with E-state index in [9.17, 15) is 0 Å². The highest BCUT2D eigenvalue weighted by molar-refractivity contribution is 7.17. The number of hydrogen-bond donors (Lipinski definition) is 0. The molecule has 1 aliphatic rings. The highest BCUT2D eigenvalue weighted by Crippen LogP contribution is 2.55. The molecule has 2 nitrogen and oxygen atoms in total. The van der Waals surface area contributed by atoms with Crippen molar-refractivity contribution in [2.75, 3.05) is 9.80 Å². The van der Waals surface area contributed by atoms with Crippen LogP contribution in [0.5, 0.6) is 0 Å². The molecule has 0 bridgehead atoms. The van der Waals surface area contributed by atoms with E-state index >= 15 is 0 Å². The molecule has 0 saturated heterocycles. The Morgan fingerprint density at radius 3 is 1.49 bits per heavy atom. The molecule has 0 unspecified atom stereocenters. The minimum atomic E-state index is -0.224. The Balaban J connectivity index is 1.50. The van der Waals surface area contributed by atoms with E-state index < -0.39 is 0 Å². The maximum absolute atomic E-state index is 8.41. The van der Waals surface area contributed by atoms with Crippen molar-refractivity contribution in [3.05, 3.63) is 165 Å². The fraction of sp³-hybridized carbons (Fsp3) is 0.424. The lowest BCUT2D eigenvalue weighted by molar-refractivity contribution is 0.332. The summed E-state index contributed by atoms with van der Waals surface area (Å²) in [6.07, 6.45) is 2.30. The topological polar surface area (TPSA) is 6.48 Å². The molecule has 7 aromatic rings. The molecule has 0 fully saturated rings. The second-order valence-corrected chi connectivity index (χ2v) is 28.2. The average Bonchev–Trinajstić information content (AvgIpc) is 3.68. The largest absolute Gasteiger partial charge is 0.308 e. The Bertz CT molecular complexity index is 3070. The molecule has 0 amide bonds. The van der Waals surface area contributed by atoms with E-state index in [2.05, 4.69) is 262 Å². The van der Waals surface area contributed by atoms with Gasteiger partial charge in [0.25, 0.3) is 0 Å². The molecule has 4 heteroatoms. The summed E-state index contributed by atoms with van der Waals surface area (Å²) in [6.45, 7) is 44.3. The zero-order chi connectivity index (χ0) is 51.3. The third-order valence-corrected chi connectivity index (χ3v) is 16.6. The van der Waals surface area contributed by atoms with Crippen LogP contribution in [0.4, 0.5) is 34.1 Å². The first kappa shape index (κ1) is 51.5. The lowest BCUT2D eigenvalue weighted by atomic mass is 9.63. The molecule has 0 aliphatic heterocycles. The fourth-order valence-corrected chi connectivity index (χ4v) is 11.4. The van der Waals surface area contributed by atoms with Crippen LogP contribution in [0.25, 0.3) is 21.2 Å². The first-order valence-electron chi connectivity index (χ1n) is 25.7. The normalized spacial score (nSPS) is 15.3. The number of rotatable bonds is 7. The second kappa shape index (κ2) is 17.7. The highest BCUT2D eigenvalue weighted by Gasteiger charge is 2.38. The molecule has 0 spiro atoms. The monoisotopic (exact) mass is 969 g/mol. The van der Waals surface area contributed by atoms with Gasteiger partial charge in [-0.25, -0.2) is 0 Å². The van der Waals surface area contributed by atoms with Gasteiger partial charge in [-0.05, 0) is 156 Å². The molecular weight excluding hydrogens is 888 g/mol. The summed E-state index contributed by atoms with van der Waals surface area (Å²) in [5, 5.41) is 4.30. The van der Waals surface area contributed by atoms with Gasteiger partial charge in [0.2, 0.25) is 0 Å². The Morgan fingerprint density at radius 2 is 0.914 bits per heavy atom. The smallest absolute Gasteiger partial charge is 0.0887 e. The summed E-state index contributed by atoms with van der Waals surface area (Å²) in [5.41, 5.74) is 17.7. The molecule has 6 aromatic carbocycles. The summed E-state index contributed by atoms with van der Waals surface area (Å²) in [6, 6.07) is 44.6. The number of benzene rings is 6. The Hall–Kier alpha value is -4.83. The van der Waals surface area contributed by atoms with Crippen molar-refractivity contribution in [2.45, 2.75) is 182 Å². The molecule has 0 atom stereocenters. The minimum absolute atomic E-state index is 0.0143. The molecule has 0 radical (unpaired) electrons. The van der Waals surface area contributed by atoms with Crippen LogP contribution in [0.15, 0.2) is 121 Å². The van der Waals surface area contributed by atoms with Gasteiger partial charge >= 0.3 is 0 Å². The Labute approximate surface area is 432 Å². The number of halogens is 1. The van der Waals surface area contributed by atoms with E-state index in [0.29, 0.717) is 5.02 Å². The van der Waals surface area contributed by atoms with Crippen LogP contribution in [0.2, 0.25) is 5.02 Å². The number of anilines is 6. The predicted molar refractivity (Wildman–Crippen MR) is 310 cm³/mol. The predicted octanol–water partition coefficient (Wildman–Crippen LogP) is 21.0. The van der Waals surface area contributed by atoms with Crippen molar-refractivity contribution in [1.82, 2.24) is 0 Å². The fourth-order valence-electron chi connectivity index (χ4n) is 10.2. The van der Waals surface area contributed by atoms with Crippen molar-refractivity contribution in [3.63, 3.8) is 0 Å². The molecular formula is C66H81ClN2S. The molecule has 70 heavy (non-hydrogen) atoms. The standard InChI is InChI=1S/C66H81ClN2S/c1-60(2,3)43-25-23-42(24-26-43)50-36-45(62(7,8)9)27-31-54(50)68(48-22-20-21-44(35-48)61(4,5)6)55-38-47(64(13,14)15)39-56(59(55)67)69(57-41-70-58-32-28-46(37-51(57)58)63(10,11)12)49-29-30-52-53(40-49)66(18,19)34-33-65(52,16)17/h20-32,35-41H,33-34H2,1-19H3. The molecule has 8 rings (SSSR count). The van der Waals surface area contributed by atoms with Crippen LogP contribution in [0.3, 0.4) is 0 Å². The number of hydrogen-bond acceptors (Lipinski definition) is 3. The van der Waals surface area contributed by atoms with Crippen LogP contribution >= 0.6 is 22.9 Å². The van der Waals surface area contributed by atoms with Gasteiger partial charge < -0.3 is 9.80 Å².